The van der Waals surface area contributed by atoms with Gasteiger partial charge in [0, 0.05) is 0 Å². The van der Waals surface area contributed by atoms with E-state index < -0.39 is 6.29 Å². The Bertz CT molecular complexity index is 191. The van der Waals surface area contributed by atoms with Crippen LogP contribution in [0, 0.1) is 11.8 Å². The van der Waals surface area contributed by atoms with Crippen LogP contribution in [0.1, 0.15) is 59.8 Å². The molecule has 3 atom stereocenters. The van der Waals surface area contributed by atoms with Gasteiger partial charge in [0.2, 0.25) is 0 Å². The number of rotatable bonds is 4. The smallest absolute Gasteiger partial charge is 0.155 e. The van der Waals surface area contributed by atoms with Crippen molar-refractivity contribution in [2.45, 2.75) is 71.7 Å². The summed E-state index contributed by atoms with van der Waals surface area (Å²) in [7, 11) is 0. The van der Waals surface area contributed by atoms with Crippen molar-refractivity contribution in [3.8, 4) is 0 Å². The Morgan fingerprint density at radius 2 is 2.13 bits per heavy atom. The van der Waals surface area contributed by atoms with Gasteiger partial charge in [-0.3, -0.25) is 0 Å². The van der Waals surface area contributed by atoms with E-state index in [1.165, 1.54) is 12.8 Å². The molecule has 2 heteroatoms. The second-order valence-electron chi connectivity index (χ2n) is 5.40. The van der Waals surface area contributed by atoms with Gasteiger partial charge in [-0.1, -0.05) is 40.5 Å². The first-order chi connectivity index (χ1) is 7.00. The summed E-state index contributed by atoms with van der Waals surface area (Å²) in [6.45, 7) is 8.67. The lowest BCUT2D eigenvalue weighted by Gasteiger charge is -2.44. The molecule has 0 amide bonds. The molecular formula is C13H26O2. The third kappa shape index (κ3) is 3.18. The van der Waals surface area contributed by atoms with E-state index in [2.05, 4.69) is 20.8 Å². The number of ether oxygens (including phenoxy) is 1. The minimum Gasteiger partial charge on any atom is -0.368 e. The fourth-order valence-corrected chi connectivity index (χ4v) is 2.67. The van der Waals surface area contributed by atoms with Crippen molar-refractivity contribution < 1.29 is 9.84 Å². The molecule has 1 rings (SSSR count). The SMILES string of the molecule is CC[C@H](O)OC1(C(C)C)CCCC(C)C1. The van der Waals surface area contributed by atoms with Gasteiger partial charge in [0.15, 0.2) is 6.29 Å². The molecule has 1 N–H and O–H groups in total. The lowest BCUT2D eigenvalue weighted by molar-refractivity contribution is -0.218. The van der Waals surface area contributed by atoms with Crippen molar-refractivity contribution in [1.29, 1.82) is 0 Å². The molecule has 1 fully saturated rings. The standard InChI is InChI=1S/C13H26O2/c1-5-12(14)15-13(10(2)3)8-6-7-11(4)9-13/h10-12,14H,5-9H2,1-4H3/t11?,12-,13?/m1/s1. The normalized spacial score (nSPS) is 34.4. The van der Waals surface area contributed by atoms with Crippen LogP contribution in [-0.4, -0.2) is 17.0 Å². The largest absolute Gasteiger partial charge is 0.368 e. The highest BCUT2D eigenvalue weighted by molar-refractivity contribution is 4.89. The molecule has 0 spiro atoms. The molecule has 0 radical (unpaired) electrons. The Morgan fingerprint density at radius 1 is 1.47 bits per heavy atom. The lowest BCUT2D eigenvalue weighted by Crippen LogP contribution is -2.45. The van der Waals surface area contributed by atoms with Gasteiger partial charge in [-0.25, -0.2) is 0 Å². The van der Waals surface area contributed by atoms with Crippen LogP contribution >= 0.6 is 0 Å². The Kier molecular flexibility index (Phi) is 4.60. The summed E-state index contributed by atoms with van der Waals surface area (Å²) in [5, 5.41) is 9.69. The van der Waals surface area contributed by atoms with Crippen LogP contribution < -0.4 is 0 Å². The Morgan fingerprint density at radius 3 is 2.60 bits per heavy atom. The van der Waals surface area contributed by atoms with Gasteiger partial charge in [-0.15, -0.1) is 0 Å². The zero-order chi connectivity index (χ0) is 11.5. The number of hydrogen-bond acceptors (Lipinski definition) is 2. The molecule has 15 heavy (non-hydrogen) atoms. The van der Waals surface area contributed by atoms with Crippen molar-refractivity contribution in [3.63, 3.8) is 0 Å². The second-order valence-corrected chi connectivity index (χ2v) is 5.40. The van der Waals surface area contributed by atoms with Crippen LogP contribution in [0.25, 0.3) is 0 Å². The maximum Gasteiger partial charge on any atom is 0.155 e. The van der Waals surface area contributed by atoms with Gasteiger partial charge >= 0.3 is 0 Å². The van der Waals surface area contributed by atoms with Gasteiger partial charge in [-0.05, 0) is 31.1 Å². The van der Waals surface area contributed by atoms with E-state index in [4.69, 9.17) is 4.74 Å². The minimum absolute atomic E-state index is 0.0763. The Hall–Kier alpha value is -0.0800. The molecule has 0 aromatic carbocycles. The van der Waals surface area contributed by atoms with E-state index in [0.29, 0.717) is 12.3 Å². The molecule has 0 heterocycles. The number of aliphatic hydroxyl groups excluding tert-OH is 1. The van der Waals surface area contributed by atoms with E-state index in [1.807, 2.05) is 6.92 Å². The highest BCUT2D eigenvalue weighted by atomic mass is 16.6. The van der Waals surface area contributed by atoms with E-state index in [9.17, 15) is 5.11 Å². The quantitative estimate of drug-likeness (QED) is 0.727. The first kappa shape index (κ1) is 13.0. The predicted molar refractivity (Wildman–Crippen MR) is 62.6 cm³/mol. The van der Waals surface area contributed by atoms with E-state index >= 15 is 0 Å². The van der Waals surface area contributed by atoms with Crippen molar-refractivity contribution in [3.05, 3.63) is 0 Å². The fourth-order valence-electron chi connectivity index (χ4n) is 2.67. The van der Waals surface area contributed by atoms with Crippen LogP contribution in [0.5, 0.6) is 0 Å². The maximum atomic E-state index is 9.69. The van der Waals surface area contributed by atoms with E-state index in [0.717, 1.165) is 18.8 Å². The monoisotopic (exact) mass is 214 g/mol. The second kappa shape index (κ2) is 5.31. The molecule has 90 valence electrons. The van der Waals surface area contributed by atoms with Crippen molar-refractivity contribution in [2.24, 2.45) is 11.8 Å². The summed E-state index contributed by atoms with van der Waals surface area (Å²) in [5.74, 6) is 1.21. The number of aliphatic hydroxyl groups is 1. The summed E-state index contributed by atoms with van der Waals surface area (Å²) in [6.07, 6.45) is 4.84. The van der Waals surface area contributed by atoms with Crippen LogP contribution in [0.15, 0.2) is 0 Å². The zero-order valence-corrected chi connectivity index (χ0v) is 10.6. The highest BCUT2D eigenvalue weighted by Crippen LogP contribution is 2.41. The first-order valence-corrected chi connectivity index (χ1v) is 6.36. The van der Waals surface area contributed by atoms with Crippen LogP contribution in [0.3, 0.4) is 0 Å². The average Bonchev–Trinajstić information content (AvgIpc) is 2.17. The maximum absolute atomic E-state index is 9.69. The van der Waals surface area contributed by atoms with Crippen molar-refractivity contribution >= 4 is 0 Å². The molecular weight excluding hydrogens is 188 g/mol. The summed E-state index contributed by atoms with van der Waals surface area (Å²) < 4.78 is 5.92. The average molecular weight is 214 g/mol. The Labute approximate surface area is 94.0 Å². The molecule has 2 nitrogen and oxygen atoms in total. The van der Waals surface area contributed by atoms with Gasteiger partial charge in [0.25, 0.3) is 0 Å². The van der Waals surface area contributed by atoms with Crippen molar-refractivity contribution in [2.75, 3.05) is 0 Å². The predicted octanol–water partition coefficient (Wildman–Crippen LogP) is 3.34. The minimum atomic E-state index is -0.585. The van der Waals surface area contributed by atoms with Gasteiger partial charge < -0.3 is 9.84 Å². The molecule has 0 aromatic heterocycles. The molecule has 0 bridgehead atoms. The third-order valence-electron chi connectivity index (χ3n) is 3.76. The summed E-state index contributed by atoms with van der Waals surface area (Å²) in [6, 6.07) is 0. The summed E-state index contributed by atoms with van der Waals surface area (Å²) in [4.78, 5) is 0. The number of hydrogen-bond donors (Lipinski definition) is 1. The third-order valence-corrected chi connectivity index (χ3v) is 3.76. The fraction of sp³-hybridized carbons (Fsp3) is 1.00. The molecule has 1 saturated carbocycles. The van der Waals surface area contributed by atoms with Gasteiger partial charge in [-0.2, -0.15) is 0 Å². The van der Waals surface area contributed by atoms with E-state index in [-0.39, 0.29) is 5.60 Å². The van der Waals surface area contributed by atoms with E-state index in [1.54, 1.807) is 0 Å². The molecule has 1 aliphatic carbocycles. The molecule has 0 aliphatic heterocycles. The molecule has 1 aliphatic rings. The van der Waals surface area contributed by atoms with Gasteiger partial charge in [0.05, 0.1) is 5.60 Å². The van der Waals surface area contributed by atoms with Crippen LogP contribution in [0.2, 0.25) is 0 Å². The highest BCUT2D eigenvalue weighted by Gasteiger charge is 2.40. The molecule has 0 saturated heterocycles. The topological polar surface area (TPSA) is 29.5 Å². The Balaban J connectivity index is 2.69. The lowest BCUT2D eigenvalue weighted by atomic mass is 9.73. The summed E-state index contributed by atoms with van der Waals surface area (Å²) >= 11 is 0. The summed E-state index contributed by atoms with van der Waals surface area (Å²) in [5.41, 5.74) is -0.0763. The van der Waals surface area contributed by atoms with Crippen LogP contribution in [0.4, 0.5) is 0 Å². The van der Waals surface area contributed by atoms with Crippen molar-refractivity contribution in [1.82, 2.24) is 0 Å². The van der Waals surface area contributed by atoms with Gasteiger partial charge in [0.1, 0.15) is 0 Å². The first-order valence-electron chi connectivity index (χ1n) is 6.36. The van der Waals surface area contributed by atoms with Crippen LogP contribution in [-0.2, 0) is 4.74 Å². The molecule has 2 unspecified atom stereocenters. The molecule has 0 aromatic rings. The zero-order valence-electron chi connectivity index (χ0n) is 10.6.